The van der Waals surface area contributed by atoms with Crippen LogP contribution in [0.2, 0.25) is 0 Å². The molecule has 2 atom stereocenters. The molecular formula is C14H18N4O3. The number of rotatable bonds is 4. The molecule has 1 amide bonds. The van der Waals surface area contributed by atoms with Crippen molar-refractivity contribution in [3.05, 3.63) is 30.2 Å². The lowest BCUT2D eigenvalue weighted by Gasteiger charge is -2.21. The van der Waals surface area contributed by atoms with Gasteiger partial charge in [-0.3, -0.25) is 9.48 Å². The second-order valence-electron chi connectivity index (χ2n) is 5.28. The van der Waals surface area contributed by atoms with E-state index in [1.165, 1.54) is 6.39 Å². The lowest BCUT2D eigenvalue weighted by atomic mass is 10.2. The first-order valence-corrected chi connectivity index (χ1v) is 7.00. The second kappa shape index (κ2) is 5.59. The molecule has 2 aromatic rings. The number of hydrogen-bond acceptors (Lipinski definition) is 5. The average molecular weight is 290 g/mol. The van der Waals surface area contributed by atoms with E-state index >= 15 is 0 Å². The lowest BCUT2D eigenvalue weighted by Crippen LogP contribution is -2.42. The molecule has 7 heteroatoms. The lowest BCUT2D eigenvalue weighted by molar-refractivity contribution is 0.0865. The van der Waals surface area contributed by atoms with E-state index in [9.17, 15) is 4.79 Å². The van der Waals surface area contributed by atoms with Crippen LogP contribution in [0.3, 0.4) is 0 Å². The van der Waals surface area contributed by atoms with Crippen molar-refractivity contribution in [2.45, 2.75) is 38.3 Å². The van der Waals surface area contributed by atoms with Gasteiger partial charge >= 0.3 is 0 Å². The minimum atomic E-state index is -0.239. The zero-order valence-electron chi connectivity index (χ0n) is 12.1. The smallest absolute Gasteiger partial charge is 0.289 e. The molecule has 21 heavy (non-hydrogen) atoms. The summed E-state index contributed by atoms with van der Waals surface area (Å²) in [4.78, 5) is 16.1. The Kier molecular flexibility index (Phi) is 3.64. The van der Waals surface area contributed by atoms with Crippen molar-refractivity contribution in [2.75, 3.05) is 0 Å². The number of aromatic nitrogens is 3. The molecule has 1 aliphatic carbocycles. The first-order chi connectivity index (χ1) is 10.1. The molecule has 3 rings (SSSR count). The molecule has 0 saturated heterocycles. The Labute approximate surface area is 122 Å². The van der Waals surface area contributed by atoms with Gasteiger partial charge < -0.3 is 14.5 Å². The molecule has 0 radical (unpaired) electrons. The summed E-state index contributed by atoms with van der Waals surface area (Å²) < 4.78 is 12.7. The first-order valence-electron chi connectivity index (χ1n) is 7.00. The predicted molar refractivity (Wildman–Crippen MR) is 74.0 cm³/mol. The zero-order chi connectivity index (χ0) is 14.8. The minimum Gasteiger partial charge on any atom is -0.485 e. The number of hydrogen-bond donors (Lipinski definition) is 1. The van der Waals surface area contributed by atoms with Gasteiger partial charge in [0.2, 0.25) is 5.76 Å². The monoisotopic (exact) mass is 290 g/mol. The SMILES string of the molecule is Cc1ncoc1C(=O)N[C@H]1CCC[C@H]1Oc1cnn(C)c1. The molecule has 1 fully saturated rings. The number of carbonyl (C=O) groups is 1. The van der Waals surface area contributed by atoms with Gasteiger partial charge in [0.05, 0.1) is 24.1 Å². The Hall–Kier alpha value is -2.31. The highest BCUT2D eigenvalue weighted by Crippen LogP contribution is 2.25. The van der Waals surface area contributed by atoms with Crippen molar-refractivity contribution in [1.29, 1.82) is 0 Å². The number of aryl methyl sites for hydroxylation is 2. The topological polar surface area (TPSA) is 82.2 Å². The molecule has 1 N–H and O–H groups in total. The van der Waals surface area contributed by atoms with Gasteiger partial charge in [0.25, 0.3) is 5.91 Å². The van der Waals surface area contributed by atoms with Crippen LogP contribution in [0.25, 0.3) is 0 Å². The molecular weight excluding hydrogens is 272 g/mol. The Morgan fingerprint density at radius 3 is 3.05 bits per heavy atom. The van der Waals surface area contributed by atoms with Gasteiger partial charge in [0, 0.05) is 7.05 Å². The summed E-state index contributed by atoms with van der Waals surface area (Å²) in [5.74, 6) is 0.748. The summed E-state index contributed by atoms with van der Waals surface area (Å²) in [7, 11) is 1.84. The molecule has 0 aromatic carbocycles. The van der Waals surface area contributed by atoms with Gasteiger partial charge in [0.1, 0.15) is 6.10 Å². The van der Waals surface area contributed by atoms with E-state index in [0.29, 0.717) is 5.69 Å². The van der Waals surface area contributed by atoms with Crippen molar-refractivity contribution in [3.8, 4) is 5.75 Å². The summed E-state index contributed by atoms with van der Waals surface area (Å²) in [5.41, 5.74) is 0.593. The molecule has 112 valence electrons. The first kappa shape index (κ1) is 13.7. The van der Waals surface area contributed by atoms with Gasteiger partial charge in [-0.2, -0.15) is 5.10 Å². The fourth-order valence-corrected chi connectivity index (χ4v) is 2.62. The van der Waals surface area contributed by atoms with Gasteiger partial charge in [0.15, 0.2) is 12.1 Å². The number of carbonyl (C=O) groups excluding carboxylic acids is 1. The van der Waals surface area contributed by atoms with Crippen LogP contribution >= 0.6 is 0 Å². The van der Waals surface area contributed by atoms with Crippen molar-refractivity contribution in [3.63, 3.8) is 0 Å². The second-order valence-corrected chi connectivity index (χ2v) is 5.28. The summed E-state index contributed by atoms with van der Waals surface area (Å²) in [5, 5.41) is 7.05. The van der Waals surface area contributed by atoms with Crippen LogP contribution in [0.5, 0.6) is 5.75 Å². The Bertz CT molecular complexity index is 634. The highest BCUT2D eigenvalue weighted by molar-refractivity contribution is 5.92. The van der Waals surface area contributed by atoms with E-state index in [1.807, 2.05) is 13.2 Å². The van der Waals surface area contributed by atoms with Gasteiger partial charge in [-0.15, -0.1) is 0 Å². The molecule has 0 aliphatic heterocycles. The summed E-state index contributed by atoms with van der Waals surface area (Å²) in [6.07, 6.45) is 7.56. The Balaban J connectivity index is 1.64. The van der Waals surface area contributed by atoms with Crippen molar-refractivity contribution in [2.24, 2.45) is 7.05 Å². The summed E-state index contributed by atoms with van der Waals surface area (Å²) >= 11 is 0. The number of nitrogens with one attached hydrogen (secondary N) is 1. The fourth-order valence-electron chi connectivity index (χ4n) is 2.62. The standard InChI is InChI=1S/C14H18N4O3/c1-9-13(20-8-15-9)14(19)17-11-4-3-5-12(11)21-10-6-16-18(2)7-10/h6-8,11-12H,3-5H2,1-2H3,(H,17,19)/t11-,12+/m0/s1. The Morgan fingerprint density at radius 1 is 1.52 bits per heavy atom. The van der Waals surface area contributed by atoms with E-state index < -0.39 is 0 Å². The maximum Gasteiger partial charge on any atom is 0.289 e. The van der Waals surface area contributed by atoms with Crippen molar-refractivity contribution < 1.29 is 13.9 Å². The van der Waals surface area contributed by atoms with E-state index in [0.717, 1.165) is 25.0 Å². The van der Waals surface area contributed by atoms with Crippen molar-refractivity contribution >= 4 is 5.91 Å². The predicted octanol–water partition coefficient (Wildman–Crippen LogP) is 1.45. The molecule has 1 aliphatic rings. The molecule has 2 aromatic heterocycles. The fraction of sp³-hybridized carbons (Fsp3) is 0.500. The van der Waals surface area contributed by atoms with Gasteiger partial charge in [-0.25, -0.2) is 4.98 Å². The van der Waals surface area contributed by atoms with E-state index in [4.69, 9.17) is 9.15 Å². The zero-order valence-corrected chi connectivity index (χ0v) is 12.1. The Morgan fingerprint density at radius 2 is 2.38 bits per heavy atom. The third-order valence-corrected chi connectivity index (χ3v) is 3.69. The molecule has 1 saturated carbocycles. The van der Waals surface area contributed by atoms with Crippen molar-refractivity contribution in [1.82, 2.24) is 20.1 Å². The van der Waals surface area contributed by atoms with Crippen LogP contribution in [0.15, 0.2) is 23.2 Å². The number of nitrogens with zero attached hydrogens (tertiary/aromatic N) is 3. The quantitative estimate of drug-likeness (QED) is 0.921. The number of amides is 1. The van der Waals surface area contributed by atoms with Crippen LogP contribution in [-0.2, 0) is 7.05 Å². The van der Waals surface area contributed by atoms with Crippen LogP contribution in [-0.4, -0.2) is 32.8 Å². The highest BCUT2D eigenvalue weighted by atomic mass is 16.5. The molecule has 0 spiro atoms. The normalized spacial score (nSPS) is 21.4. The minimum absolute atomic E-state index is 0.0257. The maximum atomic E-state index is 12.2. The van der Waals surface area contributed by atoms with Gasteiger partial charge in [-0.1, -0.05) is 0 Å². The highest BCUT2D eigenvalue weighted by Gasteiger charge is 2.31. The van der Waals surface area contributed by atoms with Crippen LogP contribution < -0.4 is 10.1 Å². The maximum absolute atomic E-state index is 12.2. The van der Waals surface area contributed by atoms with Crippen LogP contribution in [0.4, 0.5) is 0 Å². The third kappa shape index (κ3) is 2.91. The largest absolute Gasteiger partial charge is 0.485 e. The molecule has 0 bridgehead atoms. The van der Waals surface area contributed by atoms with Gasteiger partial charge in [-0.05, 0) is 26.2 Å². The van der Waals surface area contributed by atoms with E-state index in [2.05, 4.69) is 15.4 Å². The average Bonchev–Trinajstić information content (AvgIpc) is 3.14. The third-order valence-electron chi connectivity index (χ3n) is 3.69. The molecule has 7 nitrogen and oxygen atoms in total. The summed E-state index contributed by atoms with van der Waals surface area (Å²) in [6.45, 7) is 1.75. The van der Waals surface area contributed by atoms with Crippen LogP contribution in [0.1, 0.15) is 35.5 Å². The number of ether oxygens (including phenoxy) is 1. The van der Waals surface area contributed by atoms with E-state index in [1.54, 1.807) is 17.8 Å². The molecule has 0 unspecified atom stereocenters. The van der Waals surface area contributed by atoms with E-state index in [-0.39, 0.29) is 23.8 Å². The molecule has 2 heterocycles. The van der Waals surface area contributed by atoms with Crippen LogP contribution in [0, 0.1) is 6.92 Å². The summed E-state index contributed by atoms with van der Waals surface area (Å²) in [6, 6.07) is -0.0257. The number of oxazole rings is 1.